The summed E-state index contributed by atoms with van der Waals surface area (Å²) >= 11 is 0. The number of aryl methyl sites for hydroxylation is 1. The zero-order valence-electron chi connectivity index (χ0n) is 11.7. The molecule has 5 nitrogen and oxygen atoms in total. The minimum absolute atomic E-state index is 0.0678. The Kier molecular flexibility index (Phi) is 4.94. The van der Waals surface area contributed by atoms with E-state index in [4.69, 9.17) is 0 Å². The maximum Gasteiger partial charge on any atom is 0.253 e. The molecule has 0 spiro atoms. The van der Waals surface area contributed by atoms with Gasteiger partial charge in [0.2, 0.25) is 10.0 Å². The number of nitrogens with one attached hydrogen (secondary N) is 1. The molecular formula is C13H20N2O3S. The number of carbonyl (C=O) groups is 1. The van der Waals surface area contributed by atoms with Gasteiger partial charge in [0.25, 0.3) is 5.91 Å². The molecule has 0 bridgehead atoms. The van der Waals surface area contributed by atoms with Crippen LogP contribution in [0.4, 0.5) is 5.69 Å². The van der Waals surface area contributed by atoms with Gasteiger partial charge in [0, 0.05) is 19.7 Å². The van der Waals surface area contributed by atoms with Crippen LogP contribution >= 0.6 is 0 Å². The molecule has 106 valence electrons. The van der Waals surface area contributed by atoms with Gasteiger partial charge in [0.15, 0.2) is 0 Å². The predicted molar refractivity (Wildman–Crippen MR) is 76.9 cm³/mol. The van der Waals surface area contributed by atoms with E-state index < -0.39 is 10.0 Å². The second-order valence-electron chi connectivity index (χ2n) is 4.65. The van der Waals surface area contributed by atoms with Gasteiger partial charge in [-0.25, -0.2) is 8.42 Å². The number of amides is 1. The van der Waals surface area contributed by atoms with E-state index in [1.807, 2.05) is 0 Å². The molecule has 0 fully saturated rings. The van der Waals surface area contributed by atoms with Crippen molar-refractivity contribution in [2.75, 3.05) is 24.6 Å². The molecule has 1 aromatic rings. The molecule has 1 amide bonds. The summed E-state index contributed by atoms with van der Waals surface area (Å²) in [7, 11) is -0.0331. The normalized spacial score (nSPS) is 11.2. The molecule has 6 heteroatoms. The van der Waals surface area contributed by atoms with Crippen molar-refractivity contribution in [1.29, 1.82) is 0 Å². The minimum atomic E-state index is -3.34. The Morgan fingerprint density at radius 1 is 1.32 bits per heavy atom. The molecule has 0 atom stereocenters. The fourth-order valence-corrected chi connectivity index (χ4v) is 2.80. The molecule has 0 aliphatic heterocycles. The zero-order valence-corrected chi connectivity index (χ0v) is 12.5. The first kappa shape index (κ1) is 15.5. The number of hydrogen-bond donors (Lipinski definition) is 1. The van der Waals surface area contributed by atoms with Crippen molar-refractivity contribution >= 4 is 21.6 Å². The van der Waals surface area contributed by atoms with Crippen LogP contribution in [-0.4, -0.2) is 39.1 Å². The lowest BCUT2D eigenvalue weighted by Gasteiger charge is -2.14. The molecule has 0 aliphatic rings. The highest BCUT2D eigenvalue weighted by molar-refractivity contribution is 7.92. The van der Waals surface area contributed by atoms with Crippen molar-refractivity contribution in [2.24, 2.45) is 0 Å². The van der Waals surface area contributed by atoms with Crippen LogP contribution in [0.1, 0.15) is 29.3 Å². The zero-order chi connectivity index (χ0) is 14.6. The van der Waals surface area contributed by atoms with Crippen LogP contribution in [0.3, 0.4) is 0 Å². The molecule has 0 heterocycles. The van der Waals surface area contributed by atoms with Gasteiger partial charge in [-0.2, -0.15) is 0 Å². The summed E-state index contributed by atoms with van der Waals surface area (Å²) in [4.78, 5) is 13.3. The molecule has 0 unspecified atom stereocenters. The van der Waals surface area contributed by atoms with E-state index in [-0.39, 0.29) is 11.7 Å². The van der Waals surface area contributed by atoms with Crippen LogP contribution in [0, 0.1) is 6.92 Å². The Labute approximate surface area is 114 Å². The lowest BCUT2D eigenvalue weighted by atomic mass is 10.1. The van der Waals surface area contributed by atoms with Gasteiger partial charge in [-0.3, -0.25) is 9.52 Å². The van der Waals surface area contributed by atoms with Gasteiger partial charge >= 0.3 is 0 Å². The van der Waals surface area contributed by atoms with Crippen LogP contribution in [0.25, 0.3) is 0 Å². The van der Waals surface area contributed by atoms with Gasteiger partial charge in [-0.1, -0.05) is 13.0 Å². The van der Waals surface area contributed by atoms with Crippen molar-refractivity contribution < 1.29 is 13.2 Å². The molecule has 1 aromatic carbocycles. The lowest BCUT2D eigenvalue weighted by molar-refractivity contribution is 0.0827. The summed E-state index contributed by atoms with van der Waals surface area (Å²) in [6.45, 7) is 3.60. The smallest absolute Gasteiger partial charge is 0.253 e. The van der Waals surface area contributed by atoms with Crippen LogP contribution < -0.4 is 4.72 Å². The molecule has 0 radical (unpaired) electrons. The second kappa shape index (κ2) is 6.06. The molecule has 1 rings (SSSR count). The molecule has 0 aliphatic carbocycles. The number of nitrogens with zero attached hydrogens (tertiary/aromatic N) is 1. The minimum Gasteiger partial charge on any atom is -0.345 e. The van der Waals surface area contributed by atoms with Gasteiger partial charge in [0.05, 0.1) is 11.4 Å². The topological polar surface area (TPSA) is 66.5 Å². The summed E-state index contributed by atoms with van der Waals surface area (Å²) < 4.78 is 26.0. The van der Waals surface area contributed by atoms with Gasteiger partial charge in [-0.15, -0.1) is 0 Å². The van der Waals surface area contributed by atoms with Gasteiger partial charge in [0.1, 0.15) is 0 Å². The number of carbonyl (C=O) groups excluding carboxylic acids is 1. The number of hydrogen-bond acceptors (Lipinski definition) is 3. The summed E-state index contributed by atoms with van der Waals surface area (Å²) in [5, 5.41) is 0. The van der Waals surface area contributed by atoms with E-state index in [1.54, 1.807) is 46.1 Å². The number of sulfonamides is 1. The van der Waals surface area contributed by atoms with Crippen molar-refractivity contribution in [3.63, 3.8) is 0 Å². The van der Waals surface area contributed by atoms with Gasteiger partial charge < -0.3 is 4.90 Å². The number of anilines is 1. The lowest BCUT2D eigenvalue weighted by Crippen LogP contribution is -2.22. The van der Waals surface area contributed by atoms with E-state index in [0.717, 1.165) is 5.56 Å². The summed E-state index contributed by atoms with van der Waals surface area (Å²) in [5.74, 6) is -0.0888. The number of benzene rings is 1. The van der Waals surface area contributed by atoms with Crippen molar-refractivity contribution in [2.45, 2.75) is 20.3 Å². The van der Waals surface area contributed by atoms with Gasteiger partial charge in [-0.05, 0) is 31.0 Å². The highest BCUT2D eigenvalue weighted by Gasteiger charge is 2.14. The molecule has 0 saturated carbocycles. The first-order chi connectivity index (χ1) is 8.76. The van der Waals surface area contributed by atoms with E-state index in [9.17, 15) is 13.2 Å². The number of rotatable bonds is 5. The first-order valence-electron chi connectivity index (χ1n) is 6.09. The summed E-state index contributed by atoms with van der Waals surface area (Å²) in [6, 6.07) is 5.00. The maximum atomic E-state index is 11.8. The third-order valence-corrected chi connectivity index (χ3v) is 4.11. The molecular weight excluding hydrogens is 264 g/mol. The highest BCUT2D eigenvalue weighted by Crippen LogP contribution is 2.19. The fourth-order valence-electron chi connectivity index (χ4n) is 1.61. The quantitative estimate of drug-likeness (QED) is 0.897. The Bertz CT molecular complexity index is 565. The fraction of sp³-hybridized carbons (Fsp3) is 0.462. The average Bonchev–Trinajstić information content (AvgIpc) is 2.30. The van der Waals surface area contributed by atoms with Crippen LogP contribution in [0.15, 0.2) is 18.2 Å². The van der Waals surface area contributed by atoms with Crippen molar-refractivity contribution in [1.82, 2.24) is 4.90 Å². The van der Waals surface area contributed by atoms with Crippen LogP contribution in [0.5, 0.6) is 0 Å². The largest absolute Gasteiger partial charge is 0.345 e. The van der Waals surface area contributed by atoms with E-state index >= 15 is 0 Å². The Hall–Kier alpha value is -1.56. The van der Waals surface area contributed by atoms with E-state index in [2.05, 4.69) is 4.72 Å². The molecule has 1 N–H and O–H groups in total. The summed E-state index contributed by atoms with van der Waals surface area (Å²) in [5.41, 5.74) is 1.71. The van der Waals surface area contributed by atoms with Crippen molar-refractivity contribution in [3.8, 4) is 0 Å². The highest BCUT2D eigenvalue weighted by atomic mass is 32.2. The Morgan fingerprint density at radius 3 is 2.47 bits per heavy atom. The Morgan fingerprint density at radius 2 is 1.95 bits per heavy atom. The van der Waals surface area contributed by atoms with Crippen LogP contribution in [0.2, 0.25) is 0 Å². The van der Waals surface area contributed by atoms with Crippen LogP contribution in [-0.2, 0) is 10.0 Å². The standard InChI is InChI=1S/C13H20N2O3S/c1-5-8-19(17,18)14-12-9-11(7-6-10(12)2)13(16)15(3)4/h6-7,9,14H,5,8H2,1-4H3. The van der Waals surface area contributed by atoms with E-state index in [1.165, 1.54) is 4.90 Å². The predicted octanol–water partition coefficient (Wildman–Crippen LogP) is 1.85. The second-order valence-corrected chi connectivity index (χ2v) is 6.49. The van der Waals surface area contributed by atoms with Crippen molar-refractivity contribution in [3.05, 3.63) is 29.3 Å². The van der Waals surface area contributed by atoms with E-state index in [0.29, 0.717) is 17.7 Å². The molecule has 0 aromatic heterocycles. The maximum absolute atomic E-state index is 11.8. The molecule has 0 saturated heterocycles. The SMILES string of the molecule is CCCS(=O)(=O)Nc1cc(C(=O)N(C)C)ccc1C. The average molecular weight is 284 g/mol. The monoisotopic (exact) mass is 284 g/mol. The molecule has 19 heavy (non-hydrogen) atoms. The summed E-state index contributed by atoms with van der Waals surface area (Å²) in [6.07, 6.45) is 0.546. The third kappa shape index (κ3) is 4.24. The first-order valence-corrected chi connectivity index (χ1v) is 7.75. The Balaban J connectivity index is 3.08. The third-order valence-electron chi connectivity index (χ3n) is 2.63.